The van der Waals surface area contributed by atoms with Gasteiger partial charge in [-0.3, -0.25) is 0 Å². The Morgan fingerprint density at radius 3 is 2.33 bits per heavy atom. The molecule has 0 atom stereocenters. The van der Waals surface area contributed by atoms with Crippen LogP contribution in [0, 0.1) is 11.3 Å². The second kappa shape index (κ2) is 4.41. The molecule has 2 rings (SSSR count). The van der Waals surface area contributed by atoms with E-state index in [1.54, 1.807) is 24.3 Å². The third kappa shape index (κ3) is 2.34. The summed E-state index contributed by atoms with van der Waals surface area (Å²) in [6, 6.07) is 9.06. The Hall–Kier alpha value is -1.41. The molecular weight excluding hydrogens is 194 g/mol. The summed E-state index contributed by atoms with van der Waals surface area (Å²) in [5, 5.41) is 17.8. The fourth-order valence-electron chi connectivity index (χ4n) is 1.40. The van der Waals surface area contributed by atoms with Gasteiger partial charge < -0.3 is 14.6 Å². The van der Waals surface area contributed by atoms with Crippen LogP contribution in [-0.4, -0.2) is 24.4 Å². The summed E-state index contributed by atoms with van der Waals surface area (Å²) in [5.41, 5.74) is 1.47. The Bertz CT molecular complexity index is 360. The zero-order valence-electron chi connectivity index (χ0n) is 8.09. The van der Waals surface area contributed by atoms with E-state index in [0.717, 1.165) is 5.56 Å². The summed E-state index contributed by atoms with van der Waals surface area (Å²) in [7, 11) is 0. The predicted octanol–water partition coefficient (Wildman–Crippen LogP) is 0.965. The van der Waals surface area contributed by atoms with Gasteiger partial charge in [0.25, 0.3) is 0 Å². The second-order valence-corrected chi connectivity index (χ2v) is 3.39. The second-order valence-electron chi connectivity index (χ2n) is 3.39. The van der Waals surface area contributed by atoms with Crippen LogP contribution in [0.3, 0.4) is 0 Å². The lowest BCUT2D eigenvalue weighted by atomic mass is 10.1. The van der Waals surface area contributed by atoms with Crippen molar-refractivity contribution in [3.63, 3.8) is 0 Å². The van der Waals surface area contributed by atoms with Crippen LogP contribution in [0.4, 0.5) is 0 Å². The lowest BCUT2D eigenvalue weighted by molar-refractivity contribution is -0.220. The van der Waals surface area contributed by atoms with Crippen molar-refractivity contribution < 1.29 is 14.6 Å². The van der Waals surface area contributed by atoms with E-state index in [-0.39, 0.29) is 13.2 Å². The molecule has 1 fully saturated rings. The topological polar surface area (TPSA) is 62.5 Å². The lowest BCUT2D eigenvalue weighted by Gasteiger charge is -2.26. The standard InChI is InChI=1S/C11H11NO3/c12-5-8-1-3-9(4-2-8)11-14-6-10(13)7-15-11/h1-4,10-11,13H,6-7H2. The zero-order chi connectivity index (χ0) is 10.7. The van der Waals surface area contributed by atoms with E-state index in [0.29, 0.717) is 5.56 Å². The van der Waals surface area contributed by atoms with Crippen LogP contribution in [0.5, 0.6) is 0 Å². The summed E-state index contributed by atoms with van der Waals surface area (Å²) in [6.45, 7) is 0.565. The van der Waals surface area contributed by atoms with E-state index in [9.17, 15) is 0 Å². The maximum Gasteiger partial charge on any atom is 0.184 e. The fraction of sp³-hybridized carbons (Fsp3) is 0.364. The minimum Gasteiger partial charge on any atom is -0.388 e. The van der Waals surface area contributed by atoms with Crippen molar-refractivity contribution in [2.45, 2.75) is 12.4 Å². The van der Waals surface area contributed by atoms with Gasteiger partial charge in [0.05, 0.1) is 24.8 Å². The SMILES string of the molecule is N#Cc1ccc(C2OCC(O)CO2)cc1. The number of nitrogens with zero attached hydrogens (tertiary/aromatic N) is 1. The summed E-state index contributed by atoms with van der Waals surface area (Å²) in [6.07, 6.45) is -0.972. The van der Waals surface area contributed by atoms with E-state index in [4.69, 9.17) is 19.8 Å². The van der Waals surface area contributed by atoms with Gasteiger partial charge in [-0.15, -0.1) is 0 Å². The molecule has 0 spiro atoms. The third-order valence-corrected chi connectivity index (χ3v) is 2.19. The molecule has 1 saturated heterocycles. The molecule has 1 heterocycles. The van der Waals surface area contributed by atoms with Gasteiger partial charge in [0.2, 0.25) is 0 Å². The normalized spacial score (nSPS) is 25.9. The molecule has 0 radical (unpaired) electrons. The number of aliphatic hydroxyl groups excluding tert-OH is 1. The van der Waals surface area contributed by atoms with Crippen molar-refractivity contribution in [1.29, 1.82) is 5.26 Å². The van der Waals surface area contributed by atoms with Crippen molar-refractivity contribution >= 4 is 0 Å². The van der Waals surface area contributed by atoms with Crippen LogP contribution in [-0.2, 0) is 9.47 Å². The van der Waals surface area contributed by atoms with Crippen LogP contribution < -0.4 is 0 Å². The highest BCUT2D eigenvalue weighted by Gasteiger charge is 2.21. The monoisotopic (exact) mass is 205 g/mol. The van der Waals surface area contributed by atoms with Gasteiger partial charge in [-0.2, -0.15) is 5.26 Å². The molecule has 4 heteroatoms. The summed E-state index contributed by atoms with van der Waals surface area (Å²) >= 11 is 0. The van der Waals surface area contributed by atoms with Gasteiger partial charge in [-0.1, -0.05) is 12.1 Å². The number of rotatable bonds is 1. The molecule has 1 aromatic rings. The van der Waals surface area contributed by atoms with E-state index >= 15 is 0 Å². The van der Waals surface area contributed by atoms with Crippen molar-refractivity contribution in [2.24, 2.45) is 0 Å². The Balaban J connectivity index is 2.07. The van der Waals surface area contributed by atoms with Gasteiger partial charge >= 0.3 is 0 Å². The van der Waals surface area contributed by atoms with Gasteiger partial charge in [0.1, 0.15) is 6.10 Å². The molecule has 0 amide bonds. The average Bonchev–Trinajstić information content (AvgIpc) is 2.30. The largest absolute Gasteiger partial charge is 0.388 e. The molecule has 78 valence electrons. The maximum absolute atomic E-state index is 9.16. The first-order chi connectivity index (χ1) is 7.29. The third-order valence-electron chi connectivity index (χ3n) is 2.19. The maximum atomic E-state index is 9.16. The van der Waals surface area contributed by atoms with Crippen molar-refractivity contribution in [2.75, 3.05) is 13.2 Å². The first kappa shape index (κ1) is 10.1. The van der Waals surface area contributed by atoms with Crippen molar-refractivity contribution in [3.05, 3.63) is 35.4 Å². The summed E-state index contributed by atoms with van der Waals surface area (Å²) < 4.78 is 10.6. The quantitative estimate of drug-likeness (QED) is 0.741. The smallest absolute Gasteiger partial charge is 0.184 e. The van der Waals surface area contributed by atoms with Crippen LogP contribution in [0.25, 0.3) is 0 Å². The van der Waals surface area contributed by atoms with Crippen molar-refractivity contribution in [1.82, 2.24) is 0 Å². The number of benzene rings is 1. The highest BCUT2D eigenvalue weighted by molar-refractivity contribution is 5.32. The van der Waals surface area contributed by atoms with Crippen LogP contribution in [0.2, 0.25) is 0 Å². The first-order valence-electron chi connectivity index (χ1n) is 4.71. The number of hydrogen-bond acceptors (Lipinski definition) is 4. The van der Waals surface area contributed by atoms with Crippen LogP contribution in [0.15, 0.2) is 24.3 Å². The van der Waals surface area contributed by atoms with Gasteiger partial charge in [0, 0.05) is 5.56 Å². The molecule has 0 bridgehead atoms. The van der Waals surface area contributed by atoms with Crippen molar-refractivity contribution in [3.8, 4) is 6.07 Å². The molecule has 15 heavy (non-hydrogen) atoms. The summed E-state index contributed by atoms with van der Waals surface area (Å²) in [5.74, 6) is 0. The molecule has 0 unspecified atom stereocenters. The molecule has 0 aliphatic carbocycles. The molecule has 4 nitrogen and oxygen atoms in total. The van der Waals surface area contributed by atoms with Gasteiger partial charge in [-0.05, 0) is 12.1 Å². The van der Waals surface area contributed by atoms with Gasteiger partial charge in [-0.25, -0.2) is 0 Å². The van der Waals surface area contributed by atoms with E-state index < -0.39 is 12.4 Å². The number of hydrogen-bond donors (Lipinski definition) is 1. The number of ether oxygens (including phenoxy) is 2. The van der Waals surface area contributed by atoms with Crippen LogP contribution >= 0.6 is 0 Å². The number of nitriles is 1. The average molecular weight is 205 g/mol. The molecule has 0 saturated carbocycles. The van der Waals surface area contributed by atoms with Gasteiger partial charge in [0.15, 0.2) is 6.29 Å². The Labute approximate surface area is 87.7 Å². The molecule has 1 N–H and O–H groups in total. The fourth-order valence-corrected chi connectivity index (χ4v) is 1.40. The predicted molar refractivity (Wildman–Crippen MR) is 51.8 cm³/mol. The lowest BCUT2D eigenvalue weighted by Crippen LogP contribution is -2.30. The number of aliphatic hydroxyl groups is 1. The zero-order valence-corrected chi connectivity index (χ0v) is 8.09. The molecular formula is C11H11NO3. The minimum absolute atomic E-state index is 0.282. The highest BCUT2D eigenvalue weighted by Crippen LogP contribution is 2.22. The molecule has 1 aliphatic rings. The first-order valence-corrected chi connectivity index (χ1v) is 4.71. The summed E-state index contributed by atoms with van der Waals surface area (Å²) in [4.78, 5) is 0. The van der Waals surface area contributed by atoms with Crippen LogP contribution in [0.1, 0.15) is 17.4 Å². The van der Waals surface area contributed by atoms with E-state index in [1.165, 1.54) is 0 Å². The molecule has 0 aromatic heterocycles. The van der Waals surface area contributed by atoms with E-state index in [1.807, 2.05) is 6.07 Å². The molecule has 1 aromatic carbocycles. The van der Waals surface area contributed by atoms with E-state index in [2.05, 4.69) is 0 Å². The highest BCUT2D eigenvalue weighted by atomic mass is 16.7. The Morgan fingerprint density at radius 1 is 1.20 bits per heavy atom. The Kier molecular flexibility index (Phi) is 2.97. The molecule has 1 aliphatic heterocycles. The Morgan fingerprint density at radius 2 is 1.80 bits per heavy atom. The minimum atomic E-state index is -0.542.